The van der Waals surface area contributed by atoms with Crippen molar-refractivity contribution in [1.29, 1.82) is 0 Å². The molecule has 3 N–H and O–H groups in total. The third kappa shape index (κ3) is 2.37. The summed E-state index contributed by atoms with van der Waals surface area (Å²) in [6, 6.07) is 8.69. The van der Waals surface area contributed by atoms with Crippen LogP contribution in [0.2, 0.25) is 0 Å². The topological polar surface area (TPSA) is 64.1 Å². The van der Waals surface area contributed by atoms with Gasteiger partial charge >= 0.3 is 0 Å². The molecule has 4 rings (SSSR count). The number of benzene rings is 2. The quantitative estimate of drug-likeness (QED) is 0.554. The molecule has 0 bridgehead atoms. The predicted octanol–water partition coefficient (Wildman–Crippen LogP) is 4.83. The fourth-order valence-electron chi connectivity index (χ4n) is 3.35. The van der Waals surface area contributed by atoms with Crippen LogP contribution in [0.1, 0.15) is 13.3 Å². The maximum Gasteiger partial charge on any atom is 0.202 e. The number of fused-ring (bicyclic) bond motifs is 2. The molecule has 0 amide bonds. The normalized spacial score (nSPS) is 11.5. The molecule has 132 valence electrons. The summed E-state index contributed by atoms with van der Waals surface area (Å²) in [5.74, 6) is -1.22. The first kappa shape index (κ1) is 16.3. The number of aryl methyl sites for hydroxylation is 1. The van der Waals surface area contributed by atoms with Gasteiger partial charge in [0.1, 0.15) is 11.6 Å². The minimum Gasteiger partial charge on any atom is -0.494 e. The number of rotatable bonds is 3. The molecule has 0 aliphatic heterocycles. The Labute approximate surface area is 148 Å². The van der Waals surface area contributed by atoms with E-state index in [9.17, 15) is 13.9 Å². The van der Waals surface area contributed by atoms with Gasteiger partial charge in [0.25, 0.3) is 0 Å². The lowest BCUT2D eigenvalue weighted by molar-refractivity contribution is 0.421. The van der Waals surface area contributed by atoms with Gasteiger partial charge in [-0.1, -0.05) is 25.1 Å². The SMILES string of the molecule is CCCn1cc2nc3c(-c4ccc(F)cc4F)cccc3c(N)c2c1O. The number of nitrogens with two attached hydrogens (primary N) is 1. The van der Waals surface area contributed by atoms with Gasteiger partial charge in [-0.2, -0.15) is 0 Å². The first-order valence-corrected chi connectivity index (χ1v) is 8.36. The van der Waals surface area contributed by atoms with Crippen LogP contribution in [-0.4, -0.2) is 14.7 Å². The zero-order valence-corrected chi connectivity index (χ0v) is 14.1. The predicted molar refractivity (Wildman–Crippen MR) is 99.0 cm³/mol. The van der Waals surface area contributed by atoms with Crippen LogP contribution in [0.4, 0.5) is 14.5 Å². The summed E-state index contributed by atoms with van der Waals surface area (Å²) >= 11 is 0. The smallest absolute Gasteiger partial charge is 0.202 e. The summed E-state index contributed by atoms with van der Waals surface area (Å²) in [6.07, 6.45) is 2.59. The number of aromatic nitrogens is 2. The van der Waals surface area contributed by atoms with Gasteiger partial charge in [-0.3, -0.25) is 0 Å². The Morgan fingerprint density at radius 3 is 2.69 bits per heavy atom. The third-order valence-corrected chi connectivity index (χ3v) is 4.54. The van der Waals surface area contributed by atoms with Crippen LogP contribution in [0.25, 0.3) is 32.9 Å². The molecule has 0 atom stereocenters. The monoisotopic (exact) mass is 353 g/mol. The van der Waals surface area contributed by atoms with E-state index in [-0.39, 0.29) is 11.4 Å². The van der Waals surface area contributed by atoms with Gasteiger partial charge in [-0.25, -0.2) is 13.8 Å². The van der Waals surface area contributed by atoms with E-state index < -0.39 is 11.6 Å². The van der Waals surface area contributed by atoms with Crippen molar-refractivity contribution in [3.8, 4) is 17.0 Å². The van der Waals surface area contributed by atoms with E-state index in [1.807, 2.05) is 6.92 Å². The number of hydrogen-bond acceptors (Lipinski definition) is 3. The standard InChI is InChI=1S/C20H17F2N3O/c1-2-8-25-10-16-17(20(25)26)18(23)14-5-3-4-13(19(14)24-16)12-7-6-11(21)9-15(12)22/h3-7,9-10,26H,2,8,23H2,1H3. The number of halogens is 2. The summed E-state index contributed by atoms with van der Waals surface area (Å²) in [7, 11) is 0. The Morgan fingerprint density at radius 2 is 1.96 bits per heavy atom. The van der Waals surface area contributed by atoms with Crippen molar-refractivity contribution >= 4 is 27.5 Å². The van der Waals surface area contributed by atoms with E-state index in [0.717, 1.165) is 12.5 Å². The molecule has 0 unspecified atom stereocenters. The molecule has 0 spiro atoms. The number of para-hydroxylation sites is 1. The van der Waals surface area contributed by atoms with Gasteiger partial charge in [0.05, 0.1) is 22.1 Å². The van der Waals surface area contributed by atoms with Crippen LogP contribution in [0.15, 0.2) is 42.6 Å². The summed E-state index contributed by atoms with van der Waals surface area (Å²) < 4.78 is 29.3. The largest absolute Gasteiger partial charge is 0.494 e. The molecule has 26 heavy (non-hydrogen) atoms. The second-order valence-electron chi connectivity index (χ2n) is 6.26. The van der Waals surface area contributed by atoms with Gasteiger partial charge < -0.3 is 15.4 Å². The van der Waals surface area contributed by atoms with Crippen LogP contribution in [0.3, 0.4) is 0 Å². The fourth-order valence-corrected chi connectivity index (χ4v) is 3.35. The van der Waals surface area contributed by atoms with Crippen molar-refractivity contribution in [2.45, 2.75) is 19.9 Å². The zero-order valence-electron chi connectivity index (χ0n) is 14.1. The molecule has 0 aliphatic carbocycles. The van der Waals surface area contributed by atoms with Crippen molar-refractivity contribution in [3.05, 3.63) is 54.2 Å². The number of anilines is 1. The fraction of sp³-hybridized carbons (Fsp3) is 0.150. The van der Waals surface area contributed by atoms with Gasteiger partial charge in [0.15, 0.2) is 0 Å². The molecule has 2 aromatic carbocycles. The number of hydrogen-bond donors (Lipinski definition) is 2. The van der Waals surface area contributed by atoms with Crippen molar-refractivity contribution in [2.75, 3.05) is 5.73 Å². The van der Waals surface area contributed by atoms with Crippen molar-refractivity contribution < 1.29 is 13.9 Å². The van der Waals surface area contributed by atoms with E-state index in [1.165, 1.54) is 12.1 Å². The van der Waals surface area contributed by atoms with Crippen LogP contribution < -0.4 is 5.73 Å². The minimum absolute atomic E-state index is 0.0760. The lowest BCUT2D eigenvalue weighted by Crippen LogP contribution is -1.94. The van der Waals surface area contributed by atoms with E-state index in [1.54, 1.807) is 29.0 Å². The summed E-state index contributed by atoms with van der Waals surface area (Å²) in [5.41, 5.74) is 8.52. The zero-order chi connectivity index (χ0) is 18.4. The molecule has 4 aromatic rings. The first-order chi connectivity index (χ1) is 12.5. The van der Waals surface area contributed by atoms with E-state index in [0.29, 0.717) is 39.6 Å². The molecule has 0 aliphatic rings. The van der Waals surface area contributed by atoms with Gasteiger partial charge in [0, 0.05) is 35.3 Å². The lowest BCUT2D eigenvalue weighted by Gasteiger charge is -2.10. The minimum atomic E-state index is -0.663. The highest BCUT2D eigenvalue weighted by Crippen LogP contribution is 2.39. The molecule has 0 radical (unpaired) electrons. The van der Waals surface area contributed by atoms with Crippen molar-refractivity contribution in [1.82, 2.24) is 9.55 Å². The molecule has 0 saturated heterocycles. The van der Waals surface area contributed by atoms with E-state index >= 15 is 0 Å². The molecule has 0 fully saturated rings. The average molecular weight is 353 g/mol. The van der Waals surface area contributed by atoms with E-state index in [2.05, 4.69) is 4.98 Å². The lowest BCUT2D eigenvalue weighted by atomic mass is 10.00. The highest BCUT2D eigenvalue weighted by Gasteiger charge is 2.18. The maximum atomic E-state index is 14.3. The maximum absolute atomic E-state index is 14.3. The molecule has 0 saturated carbocycles. The Kier molecular flexibility index (Phi) is 3.76. The average Bonchev–Trinajstić information content (AvgIpc) is 2.91. The highest BCUT2D eigenvalue weighted by molar-refractivity contribution is 6.12. The number of pyridine rings is 1. The molecular weight excluding hydrogens is 336 g/mol. The Morgan fingerprint density at radius 1 is 1.15 bits per heavy atom. The number of nitrogens with zero attached hydrogens (tertiary/aromatic N) is 2. The molecule has 6 heteroatoms. The molecule has 2 aromatic heterocycles. The molecule has 4 nitrogen and oxygen atoms in total. The molecular formula is C20H17F2N3O. The first-order valence-electron chi connectivity index (χ1n) is 8.36. The van der Waals surface area contributed by atoms with Crippen LogP contribution in [0, 0.1) is 11.6 Å². The Bertz CT molecular complexity index is 1150. The van der Waals surface area contributed by atoms with Crippen molar-refractivity contribution in [2.24, 2.45) is 0 Å². The molecule has 2 heterocycles. The van der Waals surface area contributed by atoms with Gasteiger partial charge in [-0.15, -0.1) is 0 Å². The second-order valence-corrected chi connectivity index (χ2v) is 6.26. The number of nitrogen functional groups attached to an aromatic ring is 1. The summed E-state index contributed by atoms with van der Waals surface area (Å²) in [6.45, 7) is 2.64. The Balaban J connectivity index is 2.06. The van der Waals surface area contributed by atoms with Gasteiger partial charge in [0.2, 0.25) is 5.88 Å². The van der Waals surface area contributed by atoms with E-state index in [4.69, 9.17) is 5.73 Å². The number of aromatic hydroxyl groups is 1. The summed E-state index contributed by atoms with van der Waals surface area (Å²) in [5, 5.41) is 11.6. The third-order valence-electron chi connectivity index (χ3n) is 4.54. The highest BCUT2D eigenvalue weighted by atomic mass is 19.1. The summed E-state index contributed by atoms with van der Waals surface area (Å²) in [4.78, 5) is 4.62. The van der Waals surface area contributed by atoms with Crippen LogP contribution in [0.5, 0.6) is 5.88 Å². The van der Waals surface area contributed by atoms with Gasteiger partial charge in [-0.05, 0) is 18.6 Å². The van der Waals surface area contributed by atoms with Crippen LogP contribution >= 0.6 is 0 Å². The van der Waals surface area contributed by atoms with Crippen LogP contribution in [-0.2, 0) is 6.54 Å². The van der Waals surface area contributed by atoms with Crippen molar-refractivity contribution in [3.63, 3.8) is 0 Å². The second kappa shape index (κ2) is 5.98. The Hall–Kier alpha value is -3.15.